The van der Waals surface area contributed by atoms with Crippen molar-refractivity contribution in [1.82, 2.24) is 4.90 Å². The smallest absolute Gasteiger partial charge is 0.295 e. The number of hydrogen-bond acceptors (Lipinski definition) is 5. The average molecular weight is 296 g/mol. The minimum Gasteiger partial charge on any atom is -0.393 e. The molecule has 0 radical (unpaired) electrons. The number of nitrogens with two attached hydrogens (primary N) is 2. The number of amides is 1. The van der Waals surface area contributed by atoms with Crippen molar-refractivity contribution in [3.63, 3.8) is 0 Å². The van der Waals surface area contributed by atoms with Gasteiger partial charge in [-0.15, -0.1) is 0 Å². The van der Waals surface area contributed by atoms with Crippen LogP contribution in [0.3, 0.4) is 0 Å². The van der Waals surface area contributed by atoms with Crippen molar-refractivity contribution in [3.05, 3.63) is 33.6 Å². The van der Waals surface area contributed by atoms with E-state index in [1.165, 1.54) is 4.90 Å². The number of hydrogen-bond donors (Lipinski definition) is 2. The Morgan fingerprint density at radius 1 is 1.57 bits per heavy atom. The summed E-state index contributed by atoms with van der Waals surface area (Å²) in [6, 6.07) is 1.59. The lowest BCUT2D eigenvalue weighted by atomic mass is 10.1. The lowest BCUT2D eigenvalue weighted by molar-refractivity contribution is -0.384. The minimum absolute atomic E-state index is 0.0622. The summed E-state index contributed by atoms with van der Waals surface area (Å²) >= 11 is 0. The summed E-state index contributed by atoms with van der Waals surface area (Å²) in [5, 5.41) is 10.9. The van der Waals surface area contributed by atoms with Gasteiger partial charge < -0.3 is 16.4 Å². The van der Waals surface area contributed by atoms with E-state index >= 15 is 0 Å². The molecular weight excluding hydrogens is 279 g/mol. The van der Waals surface area contributed by atoms with Crippen LogP contribution in [0.2, 0.25) is 0 Å². The van der Waals surface area contributed by atoms with Crippen molar-refractivity contribution < 1.29 is 14.1 Å². The fraction of sp³-hybridized carbons (Fsp3) is 0.462. The molecule has 0 aromatic heterocycles. The van der Waals surface area contributed by atoms with Crippen LogP contribution in [0.1, 0.15) is 23.7 Å². The van der Waals surface area contributed by atoms with Crippen molar-refractivity contribution in [2.45, 2.75) is 19.4 Å². The van der Waals surface area contributed by atoms with E-state index in [-0.39, 0.29) is 23.2 Å². The zero-order chi connectivity index (χ0) is 15.7. The molecule has 4 N–H and O–H groups in total. The van der Waals surface area contributed by atoms with Gasteiger partial charge in [0.05, 0.1) is 16.6 Å². The molecule has 0 aliphatic carbocycles. The molecule has 2 atom stereocenters. The number of carbonyl (C=O) groups is 1. The minimum atomic E-state index is -0.860. The molecule has 1 aliphatic rings. The summed E-state index contributed by atoms with van der Waals surface area (Å²) in [5.41, 5.74) is 10.2. The zero-order valence-electron chi connectivity index (χ0n) is 11.6. The van der Waals surface area contributed by atoms with Crippen LogP contribution >= 0.6 is 0 Å². The van der Waals surface area contributed by atoms with E-state index in [2.05, 4.69) is 0 Å². The molecule has 1 aromatic rings. The molecule has 1 heterocycles. The lowest BCUT2D eigenvalue weighted by Crippen LogP contribution is -2.35. The molecule has 0 saturated carbocycles. The molecule has 1 amide bonds. The molecular formula is C13H17FN4O3. The Balaban J connectivity index is 2.38. The third-order valence-corrected chi connectivity index (χ3v) is 3.81. The quantitative estimate of drug-likeness (QED) is 0.492. The number of likely N-dealkylation sites (tertiary alicyclic amines) is 1. The summed E-state index contributed by atoms with van der Waals surface area (Å²) in [7, 11) is 0. The Kier molecular flexibility index (Phi) is 4.08. The van der Waals surface area contributed by atoms with Gasteiger partial charge >= 0.3 is 0 Å². The zero-order valence-corrected chi connectivity index (χ0v) is 11.6. The van der Waals surface area contributed by atoms with Crippen molar-refractivity contribution in [3.8, 4) is 0 Å². The van der Waals surface area contributed by atoms with Gasteiger partial charge in [0.2, 0.25) is 0 Å². The van der Waals surface area contributed by atoms with Gasteiger partial charge in [-0.25, -0.2) is 4.39 Å². The Morgan fingerprint density at radius 2 is 2.24 bits per heavy atom. The number of benzene rings is 1. The van der Waals surface area contributed by atoms with Gasteiger partial charge in [-0.05, 0) is 31.9 Å². The van der Waals surface area contributed by atoms with Crippen LogP contribution in [-0.4, -0.2) is 34.9 Å². The SMILES string of the molecule is CC1CC(CN)CN1C(=O)c1cc(F)cc([N+](=O)[O-])c1N. The maximum Gasteiger partial charge on any atom is 0.295 e. The van der Waals surface area contributed by atoms with E-state index < -0.39 is 22.3 Å². The second-order valence-electron chi connectivity index (χ2n) is 5.29. The molecule has 21 heavy (non-hydrogen) atoms. The van der Waals surface area contributed by atoms with Crippen molar-refractivity contribution in [2.75, 3.05) is 18.8 Å². The predicted octanol–water partition coefficient (Wildman–Crippen LogP) is 1.13. The molecule has 0 bridgehead atoms. The van der Waals surface area contributed by atoms with Gasteiger partial charge in [0.1, 0.15) is 11.5 Å². The van der Waals surface area contributed by atoms with Crippen LogP contribution in [0.5, 0.6) is 0 Å². The van der Waals surface area contributed by atoms with Crippen molar-refractivity contribution in [2.24, 2.45) is 11.7 Å². The highest BCUT2D eigenvalue weighted by Gasteiger charge is 2.34. The first-order chi connectivity index (χ1) is 9.85. The molecule has 1 aromatic carbocycles. The second-order valence-corrected chi connectivity index (χ2v) is 5.29. The topological polar surface area (TPSA) is 115 Å². The van der Waals surface area contributed by atoms with Crippen LogP contribution < -0.4 is 11.5 Å². The van der Waals surface area contributed by atoms with E-state index in [1.54, 1.807) is 0 Å². The number of nitro groups is 1. The Hall–Kier alpha value is -2.22. The number of nitro benzene ring substituents is 1. The summed E-state index contributed by atoms with van der Waals surface area (Å²) in [4.78, 5) is 24.1. The number of halogens is 1. The van der Waals surface area contributed by atoms with Crippen LogP contribution in [0.15, 0.2) is 12.1 Å². The van der Waals surface area contributed by atoms with Gasteiger partial charge in [0, 0.05) is 12.6 Å². The van der Waals surface area contributed by atoms with Crippen molar-refractivity contribution in [1.29, 1.82) is 0 Å². The van der Waals surface area contributed by atoms with Gasteiger partial charge in [-0.1, -0.05) is 0 Å². The van der Waals surface area contributed by atoms with Crippen LogP contribution in [0.25, 0.3) is 0 Å². The predicted molar refractivity (Wildman–Crippen MR) is 75.1 cm³/mol. The fourth-order valence-electron chi connectivity index (χ4n) is 2.68. The van der Waals surface area contributed by atoms with Crippen LogP contribution in [-0.2, 0) is 0 Å². The summed E-state index contributed by atoms with van der Waals surface area (Å²) in [5.74, 6) is -1.19. The first-order valence-electron chi connectivity index (χ1n) is 6.59. The van der Waals surface area contributed by atoms with Gasteiger partial charge in [0.25, 0.3) is 11.6 Å². The molecule has 2 rings (SSSR count). The molecule has 1 fully saturated rings. The Bertz CT molecular complexity index is 593. The summed E-state index contributed by atoms with van der Waals surface area (Å²) in [6.07, 6.45) is 0.750. The molecule has 7 nitrogen and oxygen atoms in total. The van der Waals surface area contributed by atoms with E-state index in [0.717, 1.165) is 12.5 Å². The van der Waals surface area contributed by atoms with Gasteiger partial charge in [0.15, 0.2) is 0 Å². The van der Waals surface area contributed by atoms with E-state index in [0.29, 0.717) is 19.2 Å². The third kappa shape index (κ3) is 2.80. The lowest BCUT2D eigenvalue weighted by Gasteiger charge is -2.22. The first-order valence-corrected chi connectivity index (χ1v) is 6.59. The highest BCUT2D eigenvalue weighted by molar-refractivity contribution is 6.01. The maximum absolute atomic E-state index is 13.5. The number of nitrogens with zero attached hydrogens (tertiary/aromatic N) is 2. The van der Waals surface area contributed by atoms with Gasteiger partial charge in [-0.3, -0.25) is 14.9 Å². The highest BCUT2D eigenvalue weighted by Crippen LogP contribution is 2.30. The Labute approximate surface area is 120 Å². The average Bonchev–Trinajstić information content (AvgIpc) is 2.81. The fourth-order valence-corrected chi connectivity index (χ4v) is 2.68. The highest BCUT2D eigenvalue weighted by atomic mass is 19.1. The number of anilines is 1. The van der Waals surface area contributed by atoms with E-state index in [1.807, 2.05) is 6.92 Å². The molecule has 114 valence electrons. The van der Waals surface area contributed by atoms with Crippen LogP contribution in [0, 0.1) is 21.8 Å². The molecule has 1 aliphatic heterocycles. The largest absolute Gasteiger partial charge is 0.393 e. The first kappa shape index (κ1) is 15.2. The third-order valence-electron chi connectivity index (χ3n) is 3.81. The van der Waals surface area contributed by atoms with Crippen LogP contribution in [0.4, 0.5) is 15.8 Å². The van der Waals surface area contributed by atoms with Gasteiger partial charge in [-0.2, -0.15) is 0 Å². The summed E-state index contributed by atoms with van der Waals surface area (Å²) in [6.45, 7) is 2.75. The van der Waals surface area contributed by atoms with E-state index in [9.17, 15) is 19.3 Å². The number of nitrogen functional groups attached to an aromatic ring is 1. The second kappa shape index (κ2) is 5.65. The monoisotopic (exact) mass is 296 g/mol. The molecule has 1 saturated heterocycles. The number of rotatable bonds is 3. The Morgan fingerprint density at radius 3 is 2.76 bits per heavy atom. The summed E-state index contributed by atoms with van der Waals surface area (Å²) < 4.78 is 13.5. The van der Waals surface area contributed by atoms with Crippen molar-refractivity contribution >= 4 is 17.3 Å². The normalized spacial score (nSPS) is 21.6. The molecule has 2 unspecified atom stereocenters. The standard InChI is InChI=1S/C13H17FN4O3/c1-7-2-8(5-15)6-17(7)13(19)10-3-9(14)4-11(12(10)16)18(20)21/h3-4,7-8H,2,5-6,15-16H2,1H3. The number of carbonyl (C=O) groups excluding carboxylic acids is 1. The molecule has 8 heteroatoms. The molecule has 0 spiro atoms. The van der Waals surface area contributed by atoms with E-state index in [4.69, 9.17) is 11.5 Å². The maximum atomic E-state index is 13.5.